The third-order valence-electron chi connectivity index (χ3n) is 8.33. The smallest absolute Gasteiger partial charge is 0.127 e. The highest BCUT2D eigenvalue weighted by atomic mass is 19.1. The van der Waals surface area contributed by atoms with Gasteiger partial charge in [0, 0.05) is 68.1 Å². The Morgan fingerprint density at radius 1 is 0.943 bits per heavy atom. The van der Waals surface area contributed by atoms with E-state index in [4.69, 9.17) is 4.98 Å². The molecule has 3 saturated heterocycles. The van der Waals surface area contributed by atoms with Gasteiger partial charge < -0.3 is 20.0 Å². The van der Waals surface area contributed by atoms with Gasteiger partial charge in [-0.25, -0.2) is 9.37 Å². The summed E-state index contributed by atoms with van der Waals surface area (Å²) in [5.41, 5.74) is 6.12. The second-order valence-corrected chi connectivity index (χ2v) is 10.6. The molecule has 3 aliphatic rings. The van der Waals surface area contributed by atoms with E-state index >= 15 is 0 Å². The van der Waals surface area contributed by atoms with Crippen molar-refractivity contribution < 1.29 is 4.39 Å². The number of nitrogens with one attached hydrogen (secondary N) is 1. The maximum absolute atomic E-state index is 14.9. The van der Waals surface area contributed by atoms with Crippen LogP contribution >= 0.6 is 0 Å². The van der Waals surface area contributed by atoms with Gasteiger partial charge in [-0.3, -0.25) is 0 Å². The minimum atomic E-state index is -0.118. The summed E-state index contributed by atoms with van der Waals surface area (Å²) in [4.78, 5) is 12.4. The molecule has 0 aliphatic carbocycles. The normalized spacial score (nSPS) is 23.2. The standard InChI is InChI=1S/C29H36FN5/c1-3-20-14-28-25(15-26(20)30)29(35-18-22-8-11-33(2)17-23(22)19-35)16-27(32-28)21-4-6-24(7-5-21)34-12-9-31-10-13-34/h4-7,14-16,22-23,31H,3,8-13,17-19H2,1-2H3. The lowest BCUT2D eigenvalue weighted by Gasteiger charge is -2.31. The average molecular weight is 474 g/mol. The van der Waals surface area contributed by atoms with Crippen molar-refractivity contribution in [1.82, 2.24) is 15.2 Å². The first-order valence-corrected chi connectivity index (χ1v) is 13.2. The number of anilines is 2. The summed E-state index contributed by atoms with van der Waals surface area (Å²) in [5, 5.41) is 4.36. The summed E-state index contributed by atoms with van der Waals surface area (Å²) in [7, 11) is 2.23. The highest BCUT2D eigenvalue weighted by molar-refractivity contribution is 5.95. The molecule has 0 saturated carbocycles. The maximum Gasteiger partial charge on any atom is 0.127 e. The molecule has 184 valence electrons. The summed E-state index contributed by atoms with van der Waals surface area (Å²) in [6, 6.07) is 14.7. The number of nitrogens with zero attached hydrogens (tertiary/aromatic N) is 4. The molecule has 35 heavy (non-hydrogen) atoms. The van der Waals surface area contributed by atoms with Gasteiger partial charge in [-0.1, -0.05) is 19.1 Å². The summed E-state index contributed by atoms with van der Waals surface area (Å²) in [6.07, 6.45) is 1.91. The number of fused-ring (bicyclic) bond motifs is 2. The number of hydrogen-bond acceptors (Lipinski definition) is 5. The van der Waals surface area contributed by atoms with E-state index in [2.05, 4.69) is 57.4 Å². The predicted octanol–water partition coefficient (Wildman–Crippen LogP) is 4.40. The van der Waals surface area contributed by atoms with Crippen molar-refractivity contribution in [2.75, 3.05) is 69.2 Å². The minimum absolute atomic E-state index is 0.118. The fourth-order valence-electron chi connectivity index (χ4n) is 6.27. The van der Waals surface area contributed by atoms with E-state index < -0.39 is 0 Å². The van der Waals surface area contributed by atoms with Gasteiger partial charge in [0.05, 0.1) is 11.2 Å². The molecule has 0 spiro atoms. The van der Waals surface area contributed by atoms with Crippen LogP contribution in [0.3, 0.4) is 0 Å². The highest BCUT2D eigenvalue weighted by Gasteiger charge is 2.36. The van der Waals surface area contributed by atoms with Gasteiger partial charge in [0.15, 0.2) is 0 Å². The predicted molar refractivity (Wildman–Crippen MR) is 143 cm³/mol. The van der Waals surface area contributed by atoms with Crippen LogP contribution in [0.2, 0.25) is 0 Å². The Morgan fingerprint density at radius 3 is 2.49 bits per heavy atom. The van der Waals surface area contributed by atoms with Crippen LogP contribution in [0.1, 0.15) is 18.9 Å². The molecule has 0 amide bonds. The number of hydrogen-bond donors (Lipinski definition) is 1. The van der Waals surface area contributed by atoms with Gasteiger partial charge in [0.2, 0.25) is 0 Å². The van der Waals surface area contributed by atoms with E-state index in [1.54, 1.807) is 6.07 Å². The van der Waals surface area contributed by atoms with Crippen LogP contribution in [0.4, 0.5) is 15.8 Å². The molecule has 1 N–H and O–H groups in total. The molecule has 0 bridgehead atoms. The van der Waals surface area contributed by atoms with Crippen LogP contribution in [0.25, 0.3) is 22.2 Å². The summed E-state index contributed by atoms with van der Waals surface area (Å²) < 4.78 is 14.9. The van der Waals surface area contributed by atoms with Gasteiger partial charge in [0.25, 0.3) is 0 Å². The minimum Gasteiger partial charge on any atom is -0.370 e. The number of aryl methyl sites for hydroxylation is 1. The van der Waals surface area contributed by atoms with Crippen LogP contribution in [-0.4, -0.2) is 69.3 Å². The molecule has 3 aliphatic heterocycles. The monoisotopic (exact) mass is 473 g/mol. The molecule has 2 aromatic carbocycles. The lowest BCUT2D eigenvalue weighted by molar-refractivity contribution is 0.178. The molecule has 3 fully saturated rings. The Morgan fingerprint density at radius 2 is 1.71 bits per heavy atom. The number of halogens is 1. The van der Waals surface area contributed by atoms with Gasteiger partial charge in [-0.05, 0) is 74.2 Å². The molecular weight excluding hydrogens is 437 g/mol. The van der Waals surface area contributed by atoms with Gasteiger partial charge in [-0.15, -0.1) is 0 Å². The molecule has 0 radical (unpaired) electrons. The van der Waals surface area contributed by atoms with E-state index in [9.17, 15) is 4.39 Å². The van der Waals surface area contributed by atoms with Crippen molar-refractivity contribution in [3.63, 3.8) is 0 Å². The molecule has 6 heteroatoms. The zero-order chi connectivity index (χ0) is 23.9. The lowest BCUT2D eigenvalue weighted by Crippen LogP contribution is -2.43. The fourth-order valence-corrected chi connectivity index (χ4v) is 6.27. The molecular formula is C29H36FN5. The number of piperazine rings is 1. The molecule has 6 rings (SSSR count). The Kier molecular flexibility index (Phi) is 6.11. The van der Waals surface area contributed by atoms with Crippen molar-refractivity contribution in [2.45, 2.75) is 19.8 Å². The van der Waals surface area contributed by atoms with E-state index in [0.717, 1.165) is 85.1 Å². The first-order chi connectivity index (χ1) is 17.1. The van der Waals surface area contributed by atoms with Crippen LogP contribution in [0.15, 0.2) is 42.5 Å². The van der Waals surface area contributed by atoms with Gasteiger partial charge in [-0.2, -0.15) is 0 Å². The first kappa shape index (κ1) is 22.7. The fraction of sp³-hybridized carbons (Fsp3) is 0.483. The van der Waals surface area contributed by atoms with Gasteiger partial charge in [0.1, 0.15) is 5.82 Å². The average Bonchev–Trinajstić information content (AvgIpc) is 3.31. The van der Waals surface area contributed by atoms with E-state index in [1.807, 2.05) is 13.0 Å². The van der Waals surface area contributed by atoms with Crippen LogP contribution < -0.4 is 15.1 Å². The first-order valence-electron chi connectivity index (χ1n) is 13.2. The van der Waals surface area contributed by atoms with Crippen LogP contribution in [0.5, 0.6) is 0 Å². The largest absolute Gasteiger partial charge is 0.370 e. The van der Waals surface area contributed by atoms with E-state index in [0.29, 0.717) is 12.3 Å². The van der Waals surface area contributed by atoms with Crippen molar-refractivity contribution in [2.24, 2.45) is 11.8 Å². The second-order valence-electron chi connectivity index (χ2n) is 10.6. The Hall–Kier alpha value is -2.70. The third-order valence-corrected chi connectivity index (χ3v) is 8.33. The number of rotatable bonds is 4. The zero-order valence-corrected chi connectivity index (χ0v) is 20.9. The third kappa shape index (κ3) is 4.38. The number of aromatic nitrogens is 1. The van der Waals surface area contributed by atoms with Crippen molar-refractivity contribution in [3.8, 4) is 11.3 Å². The zero-order valence-electron chi connectivity index (χ0n) is 20.9. The van der Waals surface area contributed by atoms with Crippen molar-refractivity contribution >= 4 is 22.3 Å². The molecule has 5 nitrogen and oxygen atoms in total. The van der Waals surface area contributed by atoms with Crippen LogP contribution in [0, 0.1) is 17.7 Å². The number of piperidine rings is 1. The SMILES string of the molecule is CCc1cc2nc(-c3ccc(N4CCNCC4)cc3)cc(N3CC4CCN(C)CC4C3)c2cc1F. The number of pyridine rings is 1. The van der Waals surface area contributed by atoms with Crippen molar-refractivity contribution in [1.29, 1.82) is 0 Å². The molecule has 4 heterocycles. The van der Waals surface area contributed by atoms with Crippen molar-refractivity contribution in [3.05, 3.63) is 53.8 Å². The second kappa shape index (κ2) is 9.40. The Labute approximate surface area is 207 Å². The molecule has 2 unspecified atom stereocenters. The van der Waals surface area contributed by atoms with E-state index in [-0.39, 0.29) is 5.82 Å². The Balaban J connectivity index is 1.39. The van der Waals surface area contributed by atoms with E-state index in [1.165, 1.54) is 18.7 Å². The molecule has 1 aromatic heterocycles. The quantitative estimate of drug-likeness (QED) is 0.608. The van der Waals surface area contributed by atoms with Gasteiger partial charge >= 0.3 is 0 Å². The van der Waals surface area contributed by atoms with Crippen LogP contribution in [-0.2, 0) is 6.42 Å². The summed E-state index contributed by atoms with van der Waals surface area (Å²) in [6.45, 7) is 10.5. The topological polar surface area (TPSA) is 34.6 Å². The summed E-state index contributed by atoms with van der Waals surface area (Å²) >= 11 is 0. The maximum atomic E-state index is 14.9. The Bertz CT molecular complexity index is 1200. The number of benzene rings is 2. The summed E-state index contributed by atoms with van der Waals surface area (Å²) in [5.74, 6) is 1.28. The number of likely N-dealkylation sites (tertiary alicyclic amines) is 1. The lowest BCUT2D eigenvalue weighted by atomic mass is 9.89. The molecule has 2 atom stereocenters. The molecule has 3 aromatic rings. The highest BCUT2D eigenvalue weighted by Crippen LogP contribution is 2.39.